The molecule has 1 aliphatic rings. The number of fused-ring (bicyclic) bond motifs is 1. The molecular formula is C14H20ClN5O. The molecule has 0 saturated heterocycles. The van der Waals surface area contributed by atoms with E-state index < -0.39 is 0 Å². The molecule has 21 heavy (non-hydrogen) atoms. The van der Waals surface area contributed by atoms with E-state index in [0.29, 0.717) is 19.0 Å². The van der Waals surface area contributed by atoms with Crippen LogP contribution in [0, 0.1) is 5.92 Å². The summed E-state index contributed by atoms with van der Waals surface area (Å²) in [7, 11) is 1.92. The smallest absolute Gasteiger partial charge is 0.223 e. The Morgan fingerprint density at radius 2 is 2.24 bits per heavy atom. The van der Waals surface area contributed by atoms with Crippen LogP contribution < -0.4 is 5.32 Å². The number of aromatic nitrogens is 4. The number of halogens is 1. The van der Waals surface area contributed by atoms with Gasteiger partial charge in [-0.1, -0.05) is 6.92 Å². The van der Waals surface area contributed by atoms with Gasteiger partial charge in [-0.15, -0.1) is 11.6 Å². The second kappa shape index (κ2) is 5.67. The molecule has 6 nitrogen and oxygen atoms in total. The van der Waals surface area contributed by atoms with E-state index >= 15 is 0 Å². The quantitative estimate of drug-likeness (QED) is 0.824. The van der Waals surface area contributed by atoms with Gasteiger partial charge in [0.25, 0.3) is 0 Å². The van der Waals surface area contributed by atoms with Gasteiger partial charge in [0.15, 0.2) is 5.65 Å². The average molecular weight is 310 g/mol. The summed E-state index contributed by atoms with van der Waals surface area (Å²) in [5.41, 5.74) is 2.88. The first-order valence-electron chi connectivity index (χ1n) is 7.40. The molecule has 0 radical (unpaired) electrons. The number of carbonyl (C=O) groups excluding carboxylic acids is 1. The van der Waals surface area contributed by atoms with Gasteiger partial charge in [-0.05, 0) is 19.3 Å². The number of nitrogens with zero attached hydrogens (tertiary/aromatic N) is 4. The summed E-state index contributed by atoms with van der Waals surface area (Å²) in [4.78, 5) is 16.3. The summed E-state index contributed by atoms with van der Waals surface area (Å²) in [5.74, 6) is 1.59. The van der Waals surface area contributed by atoms with E-state index in [-0.39, 0.29) is 11.8 Å². The van der Waals surface area contributed by atoms with E-state index in [1.165, 1.54) is 0 Å². The number of nitrogens with one attached hydrogen (secondary N) is 1. The van der Waals surface area contributed by atoms with Crippen LogP contribution in [0.4, 0.5) is 0 Å². The molecule has 0 unspecified atom stereocenters. The molecule has 0 aromatic carbocycles. The summed E-state index contributed by atoms with van der Waals surface area (Å²) in [6.45, 7) is 3.33. The Kier molecular flexibility index (Phi) is 3.89. The van der Waals surface area contributed by atoms with Gasteiger partial charge in [0.1, 0.15) is 11.3 Å². The van der Waals surface area contributed by atoms with Crippen molar-refractivity contribution in [2.75, 3.05) is 6.54 Å². The normalized spacial score (nSPS) is 14.8. The number of rotatable bonds is 6. The molecule has 7 heteroatoms. The summed E-state index contributed by atoms with van der Waals surface area (Å²) >= 11 is 6.01. The van der Waals surface area contributed by atoms with E-state index in [1.54, 1.807) is 0 Å². The van der Waals surface area contributed by atoms with Crippen LogP contribution in [0.2, 0.25) is 0 Å². The topological polar surface area (TPSA) is 64.7 Å². The fraction of sp³-hybridized carbons (Fsp3) is 0.643. The minimum absolute atomic E-state index is 0.165. The van der Waals surface area contributed by atoms with E-state index in [9.17, 15) is 4.79 Å². The van der Waals surface area contributed by atoms with Crippen LogP contribution >= 0.6 is 11.6 Å². The molecule has 0 atom stereocenters. The van der Waals surface area contributed by atoms with Gasteiger partial charge in [-0.25, -0.2) is 4.98 Å². The highest BCUT2D eigenvalue weighted by Gasteiger charge is 2.29. The SMILES string of the molecule is CCc1nn(C)c2c1nc(CCl)n2CCNC(=O)C1CC1. The zero-order valence-corrected chi connectivity index (χ0v) is 13.2. The largest absolute Gasteiger partial charge is 0.354 e. The van der Waals surface area contributed by atoms with Gasteiger partial charge in [0.05, 0.1) is 11.6 Å². The standard InChI is InChI=1S/C14H20ClN5O/c1-3-10-12-14(19(2)18-10)20(11(8-15)17-12)7-6-16-13(21)9-4-5-9/h9H,3-8H2,1-2H3,(H,16,21). The summed E-state index contributed by atoms with van der Waals surface area (Å²) in [5, 5.41) is 7.47. The Morgan fingerprint density at radius 3 is 2.86 bits per heavy atom. The minimum atomic E-state index is 0.165. The Hall–Kier alpha value is -1.56. The molecule has 1 aliphatic carbocycles. The molecule has 0 bridgehead atoms. The van der Waals surface area contributed by atoms with Crippen LogP contribution in [-0.2, 0) is 30.7 Å². The van der Waals surface area contributed by atoms with Crippen LogP contribution in [0.15, 0.2) is 0 Å². The molecule has 0 spiro atoms. The molecule has 2 heterocycles. The third-order valence-corrected chi connectivity index (χ3v) is 4.15. The van der Waals surface area contributed by atoms with E-state index in [2.05, 4.69) is 26.9 Å². The van der Waals surface area contributed by atoms with E-state index in [0.717, 1.165) is 41.9 Å². The lowest BCUT2D eigenvalue weighted by molar-refractivity contribution is -0.122. The summed E-state index contributed by atoms with van der Waals surface area (Å²) in [6.07, 6.45) is 2.89. The highest BCUT2D eigenvalue weighted by molar-refractivity contribution is 6.16. The maximum atomic E-state index is 11.7. The summed E-state index contributed by atoms with van der Waals surface area (Å²) < 4.78 is 3.90. The van der Waals surface area contributed by atoms with E-state index in [4.69, 9.17) is 11.6 Å². The van der Waals surface area contributed by atoms with Crippen molar-refractivity contribution in [3.05, 3.63) is 11.5 Å². The molecule has 3 rings (SSSR count). The third kappa shape index (κ3) is 2.64. The number of hydrogen-bond acceptors (Lipinski definition) is 3. The number of alkyl halides is 1. The minimum Gasteiger partial charge on any atom is -0.354 e. The average Bonchev–Trinajstić information content (AvgIpc) is 3.20. The predicted molar refractivity (Wildman–Crippen MR) is 81.2 cm³/mol. The molecular weight excluding hydrogens is 290 g/mol. The number of hydrogen-bond donors (Lipinski definition) is 1. The molecule has 114 valence electrons. The highest BCUT2D eigenvalue weighted by Crippen LogP contribution is 2.28. The number of carbonyl (C=O) groups is 1. The lowest BCUT2D eigenvalue weighted by Crippen LogP contribution is -2.28. The number of imidazole rings is 1. The van der Waals surface area contributed by atoms with Crippen molar-refractivity contribution in [1.29, 1.82) is 0 Å². The van der Waals surface area contributed by atoms with Gasteiger partial charge in [-0.3, -0.25) is 9.48 Å². The first-order valence-corrected chi connectivity index (χ1v) is 7.93. The van der Waals surface area contributed by atoms with E-state index in [1.807, 2.05) is 11.7 Å². The predicted octanol–water partition coefficient (Wildman–Crippen LogP) is 1.60. The van der Waals surface area contributed by atoms with Crippen LogP contribution in [-0.4, -0.2) is 31.8 Å². The Morgan fingerprint density at radius 1 is 1.48 bits per heavy atom. The van der Waals surface area contributed by atoms with Gasteiger partial charge < -0.3 is 9.88 Å². The first kappa shape index (κ1) is 14.4. The monoisotopic (exact) mass is 309 g/mol. The zero-order chi connectivity index (χ0) is 15.0. The number of amides is 1. The van der Waals surface area contributed by atoms with Crippen molar-refractivity contribution in [3.8, 4) is 0 Å². The van der Waals surface area contributed by atoms with Crippen molar-refractivity contribution >= 4 is 28.7 Å². The molecule has 1 saturated carbocycles. The molecule has 2 aromatic rings. The maximum Gasteiger partial charge on any atom is 0.223 e. The Balaban J connectivity index is 1.81. The van der Waals surface area contributed by atoms with Gasteiger partial charge in [0, 0.05) is 26.1 Å². The molecule has 2 aromatic heterocycles. The van der Waals surface area contributed by atoms with Crippen molar-refractivity contribution in [3.63, 3.8) is 0 Å². The first-order chi connectivity index (χ1) is 10.2. The zero-order valence-electron chi connectivity index (χ0n) is 12.4. The molecule has 1 fully saturated rings. The Labute approximate surface area is 128 Å². The van der Waals surface area contributed by atoms with Gasteiger partial charge in [0.2, 0.25) is 5.91 Å². The fourth-order valence-electron chi connectivity index (χ4n) is 2.64. The molecule has 1 N–H and O–H groups in total. The van der Waals surface area contributed by atoms with Crippen molar-refractivity contribution in [2.24, 2.45) is 13.0 Å². The Bertz CT molecular complexity index is 670. The van der Waals surface area contributed by atoms with Crippen LogP contribution in [0.3, 0.4) is 0 Å². The van der Waals surface area contributed by atoms with Crippen molar-refractivity contribution in [2.45, 2.75) is 38.6 Å². The molecule has 0 aliphatic heterocycles. The highest BCUT2D eigenvalue weighted by atomic mass is 35.5. The van der Waals surface area contributed by atoms with Gasteiger partial charge in [-0.2, -0.15) is 5.10 Å². The van der Waals surface area contributed by atoms with Crippen LogP contribution in [0.25, 0.3) is 11.2 Å². The van der Waals surface area contributed by atoms with Crippen LogP contribution in [0.5, 0.6) is 0 Å². The lowest BCUT2D eigenvalue weighted by Gasteiger charge is -2.09. The summed E-state index contributed by atoms with van der Waals surface area (Å²) in [6, 6.07) is 0. The van der Waals surface area contributed by atoms with Crippen molar-refractivity contribution in [1.82, 2.24) is 24.6 Å². The number of aryl methyl sites for hydroxylation is 2. The second-order valence-electron chi connectivity index (χ2n) is 5.47. The third-order valence-electron chi connectivity index (χ3n) is 3.91. The second-order valence-corrected chi connectivity index (χ2v) is 5.74. The maximum absolute atomic E-state index is 11.7. The fourth-order valence-corrected chi connectivity index (χ4v) is 2.85. The van der Waals surface area contributed by atoms with Crippen molar-refractivity contribution < 1.29 is 4.79 Å². The molecule has 1 amide bonds. The van der Waals surface area contributed by atoms with Crippen LogP contribution in [0.1, 0.15) is 31.3 Å². The van der Waals surface area contributed by atoms with Gasteiger partial charge >= 0.3 is 0 Å². The lowest BCUT2D eigenvalue weighted by atomic mass is 10.3.